The maximum absolute atomic E-state index is 11.3. The number of nitrogens with two attached hydrogens (primary N) is 1. The number of thioether (sulfide) groups is 1. The van der Waals surface area contributed by atoms with Crippen LogP contribution in [0.5, 0.6) is 5.75 Å². The monoisotopic (exact) mass is 289 g/mol. The second-order valence-corrected chi connectivity index (χ2v) is 4.97. The molecule has 1 amide bonds. The summed E-state index contributed by atoms with van der Waals surface area (Å²) in [6, 6.07) is 11.3. The Kier molecular flexibility index (Phi) is 4.97. The van der Waals surface area contributed by atoms with Crippen molar-refractivity contribution in [2.45, 2.75) is 10.6 Å². The molecule has 5 nitrogen and oxygen atoms in total. The molecule has 0 aliphatic carbocycles. The highest BCUT2D eigenvalue weighted by Gasteiger charge is 2.06. The van der Waals surface area contributed by atoms with Crippen molar-refractivity contribution in [3.63, 3.8) is 0 Å². The molecule has 104 valence electrons. The van der Waals surface area contributed by atoms with E-state index in [0.29, 0.717) is 11.3 Å². The number of ether oxygens (including phenoxy) is 1. The quantitative estimate of drug-likeness (QED) is 0.381. The van der Waals surface area contributed by atoms with Gasteiger partial charge in [0.2, 0.25) is 0 Å². The van der Waals surface area contributed by atoms with E-state index in [-0.39, 0.29) is 5.91 Å². The van der Waals surface area contributed by atoms with Gasteiger partial charge in [-0.3, -0.25) is 15.2 Å². The van der Waals surface area contributed by atoms with Gasteiger partial charge in [-0.1, -0.05) is 12.1 Å². The Morgan fingerprint density at radius 3 is 2.80 bits per heavy atom. The zero-order chi connectivity index (χ0) is 14.4. The van der Waals surface area contributed by atoms with Gasteiger partial charge in [0.15, 0.2) is 0 Å². The Hall–Kier alpha value is -2.05. The first-order valence-corrected chi connectivity index (χ1v) is 6.95. The Bertz CT molecular complexity index is 587. The van der Waals surface area contributed by atoms with Crippen LogP contribution in [0.15, 0.2) is 47.5 Å². The fourth-order valence-electron chi connectivity index (χ4n) is 1.62. The molecule has 6 heteroatoms. The first-order valence-electron chi connectivity index (χ1n) is 5.96. The molecule has 20 heavy (non-hydrogen) atoms. The number of pyridine rings is 1. The smallest absolute Gasteiger partial charge is 0.266 e. The van der Waals surface area contributed by atoms with Crippen LogP contribution in [0, 0.1) is 0 Å². The minimum atomic E-state index is -0.346. The SMILES string of the molecule is COc1ccccc1SCc1ccc(C(=O)NN)cn1. The first kappa shape index (κ1) is 14.4. The molecule has 0 aliphatic heterocycles. The minimum Gasteiger partial charge on any atom is -0.496 e. The second-order valence-electron chi connectivity index (χ2n) is 3.95. The fraction of sp³-hybridized carbons (Fsp3) is 0.143. The molecule has 1 aromatic carbocycles. The lowest BCUT2D eigenvalue weighted by molar-refractivity contribution is 0.0953. The number of aromatic nitrogens is 1. The third-order valence-corrected chi connectivity index (χ3v) is 3.75. The van der Waals surface area contributed by atoms with E-state index in [9.17, 15) is 4.79 Å². The van der Waals surface area contributed by atoms with Crippen molar-refractivity contribution in [1.82, 2.24) is 10.4 Å². The summed E-state index contributed by atoms with van der Waals surface area (Å²) in [5.41, 5.74) is 3.40. The van der Waals surface area contributed by atoms with E-state index in [0.717, 1.165) is 16.3 Å². The van der Waals surface area contributed by atoms with E-state index in [1.807, 2.05) is 30.3 Å². The average molecular weight is 289 g/mol. The summed E-state index contributed by atoms with van der Waals surface area (Å²) in [6.07, 6.45) is 1.51. The predicted molar refractivity (Wildman–Crippen MR) is 78.4 cm³/mol. The Labute approximate surface area is 121 Å². The average Bonchev–Trinajstić information content (AvgIpc) is 2.53. The van der Waals surface area contributed by atoms with Crippen molar-refractivity contribution in [2.24, 2.45) is 5.84 Å². The number of para-hydroxylation sites is 1. The third-order valence-electron chi connectivity index (χ3n) is 2.66. The van der Waals surface area contributed by atoms with Gasteiger partial charge in [0.25, 0.3) is 5.91 Å². The summed E-state index contributed by atoms with van der Waals surface area (Å²) in [7, 11) is 1.65. The zero-order valence-electron chi connectivity index (χ0n) is 11.0. The van der Waals surface area contributed by atoms with Crippen molar-refractivity contribution in [2.75, 3.05) is 7.11 Å². The van der Waals surface area contributed by atoms with Crippen LogP contribution in [0.25, 0.3) is 0 Å². The number of hydrogen-bond acceptors (Lipinski definition) is 5. The number of hydrazine groups is 1. The highest BCUT2D eigenvalue weighted by molar-refractivity contribution is 7.98. The highest BCUT2D eigenvalue weighted by atomic mass is 32.2. The molecule has 0 unspecified atom stereocenters. The number of carbonyl (C=O) groups excluding carboxylic acids is 1. The number of nitrogen functional groups attached to an aromatic ring is 1. The molecule has 0 fully saturated rings. The van der Waals surface area contributed by atoms with E-state index in [2.05, 4.69) is 10.4 Å². The topological polar surface area (TPSA) is 77.2 Å². The van der Waals surface area contributed by atoms with Crippen molar-refractivity contribution in [3.8, 4) is 5.75 Å². The van der Waals surface area contributed by atoms with Gasteiger partial charge in [-0.2, -0.15) is 0 Å². The first-order chi connectivity index (χ1) is 9.74. The summed E-state index contributed by atoms with van der Waals surface area (Å²) in [5.74, 6) is 6.26. The molecule has 0 atom stereocenters. The fourth-order valence-corrected chi connectivity index (χ4v) is 2.56. The minimum absolute atomic E-state index is 0.346. The van der Waals surface area contributed by atoms with Crippen LogP contribution in [-0.4, -0.2) is 18.0 Å². The van der Waals surface area contributed by atoms with Gasteiger partial charge in [-0.25, -0.2) is 5.84 Å². The summed E-state index contributed by atoms with van der Waals surface area (Å²) in [6.45, 7) is 0. The van der Waals surface area contributed by atoms with E-state index < -0.39 is 0 Å². The molecule has 0 bridgehead atoms. The maximum atomic E-state index is 11.3. The van der Waals surface area contributed by atoms with Gasteiger partial charge in [-0.05, 0) is 24.3 Å². The molecule has 0 spiro atoms. The number of carbonyl (C=O) groups is 1. The van der Waals surface area contributed by atoms with E-state index in [4.69, 9.17) is 10.6 Å². The summed E-state index contributed by atoms with van der Waals surface area (Å²) >= 11 is 1.63. The van der Waals surface area contributed by atoms with Crippen molar-refractivity contribution < 1.29 is 9.53 Å². The predicted octanol–water partition coefficient (Wildman–Crippen LogP) is 1.99. The molecular formula is C14H15N3O2S. The Morgan fingerprint density at radius 2 is 2.15 bits per heavy atom. The molecule has 0 radical (unpaired) electrons. The largest absolute Gasteiger partial charge is 0.496 e. The highest BCUT2D eigenvalue weighted by Crippen LogP contribution is 2.30. The molecule has 0 saturated carbocycles. The number of rotatable bonds is 5. The van der Waals surface area contributed by atoms with Gasteiger partial charge in [0.1, 0.15) is 5.75 Å². The standard InChI is InChI=1S/C14H15N3O2S/c1-19-12-4-2-3-5-13(12)20-9-11-7-6-10(8-16-11)14(18)17-15/h2-8H,9,15H2,1H3,(H,17,18). The summed E-state index contributed by atoms with van der Waals surface area (Å²) < 4.78 is 5.29. The summed E-state index contributed by atoms with van der Waals surface area (Å²) in [4.78, 5) is 16.6. The van der Waals surface area contributed by atoms with Crippen LogP contribution in [0.3, 0.4) is 0 Å². The molecule has 1 aromatic heterocycles. The zero-order valence-corrected chi connectivity index (χ0v) is 11.8. The van der Waals surface area contributed by atoms with E-state index in [1.165, 1.54) is 6.20 Å². The normalized spacial score (nSPS) is 10.1. The molecule has 2 rings (SSSR count). The Morgan fingerprint density at radius 1 is 1.35 bits per heavy atom. The number of nitrogens with one attached hydrogen (secondary N) is 1. The van der Waals surface area contributed by atoms with Crippen LogP contribution in [0.2, 0.25) is 0 Å². The van der Waals surface area contributed by atoms with E-state index >= 15 is 0 Å². The number of nitrogens with zero attached hydrogens (tertiary/aromatic N) is 1. The lowest BCUT2D eigenvalue weighted by Crippen LogP contribution is -2.30. The lowest BCUT2D eigenvalue weighted by Gasteiger charge is -2.07. The van der Waals surface area contributed by atoms with Crippen LogP contribution in [0.4, 0.5) is 0 Å². The molecule has 0 saturated heterocycles. The molecule has 1 heterocycles. The number of benzene rings is 1. The van der Waals surface area contributed by atoms with Gasteiger partial charge in [-0.15, -0.1) is 11.8 Å². The van der Waals surface area contributed by atoms with Crippen LogP contribution >= 0.6 is 11.8 Å². The van der Waals surface area contributed by atoms with Gasteiger partial charge < -0.3 is 4.74 Å². The number of amides is 1. The molecular weight excluding hydrogens is 274 g/mol. The van der Waals surface area contributed by atoms with Crippen molar-refractivity contribution in [1.29, 1.82) is 0 Å². The second kappa shape index (κ2) is 6.93. The van der Waals surface area contributed by atoms with Crippen LogP contribution < -0.4 is 16.0 Å². The molecule has 0 aliphatic rings. The van der Waals surface area contributed by atoms with E-state index in [1.54, 1.807) is 24.9 Å². The van der Waals surface area contributed by atoms with Crippen molar-refractivity contribution in [3.05, 3.63) is 53.9 Å². The maximum Gasteiger partial charge on any atom is 0.266 e. The van der Waals surface area contributed by atoms with Crippen molar-refractivity contribution >= 4 is 17.7 Å². The Balaban J connectivity index is 2.02. The summed E-state index contributed by atoms with van der Waals surface area (Å²) in [5, 5.41) is 0. The van der Waals surface area contributed by atoms with Crippen LogP contribution in [-0.2, 0) is 5.75 Å². The van der Waals surface area contributed by atoms with Gasteiger partial charge >= 0.3 is 0 Å². The number of methoxy groups -OCH3 is 1. The third kappa shape index (κ3) is 3.49. The lowest BCUT2D eigenvalue weighted by atomic mass is 10.2. The van der Waals surface area contributed by atoms with Gasteiger partial charge in [0.05, 0.1) is 18.4 Å². The molecule has 2 aromatic rings. The molecule has 3 N–H and O–H groups in total. The van der Waals surface area contributed by atoms with Crippen LogP contribution in [0.1, 0.15) is 16.1 Å². The number of hydrogen-bond donors (Lipinski definition) is 2. The van der Waals surface area contributed by atoms with Gasteiger partial charge in [0, 0.05) is 16.8 Å².